The van der Waals surface area contributed by atoms with E-state index in [2.05, 4.69) is 73.0 Å². The zero-order valence-corrected chi connectivity index (χ0v) is 34.0. The van der Waals surface area contributed by atoms with E-state index in [1.807, 2.05) is 5.56 Å². The molecule has 51 heavy (non-hydrogen) atoms. The van der Waals surface area contributed by atoms with E-state index in [4.69, 9.17) is 0 Å². The van der Waals surface area contributed by atoms with E-state index < -0.39 is 0 Å². The Morgan fingerprint density at radius 1 is 0.569 bits per heavy atom. The van der Waals surface area contributed by atoms with Gasteiger partial charge in [0.2, 0.25) is 0 Å². The van der Waals surface area contributed by atoms with E-state index in [1.54, 1.807) is 88.2 Å². The van der Waals surface area contributed by atoms with Crippen molar-refractivity contribution in [3.8, 4) is 0 Å². The molecule has 2 saturated heterocycles. The number of rotatable bonds is 10. The quantitative estimate of drug-likeness (QED) is 0.239. The van der Waals surface area contributed by atoms with Crippen molar-refractivity contribution >= 4 is 15.8 Å². The summed E-state index contributed by atoms with van der Waals surface area (Å²) in [5.74, 6) is 7.80. The van der Waals surface area contributed by atoms with Crippen LogP contribution in [-0.4, -0.2) is 35.0 Å². The monoisotopic (exact) mass is 722 g/mol. The molecule has 12 rings (SSSR count). The zero-order valence-electron chi connectivity index (χ0n) is 32.2. The van der Waals surface area contributed by atoms with Crippen LogP contribution in [0.15, 0.2) is 48.5 Å². The van der Waals surface area contributed by atoms with Gasteiger partial charge < -0.3 is 10.6 Å². The molecule has 276 valence electrons. The summed E-state index contributed by atoms with van der Waals surface area (Å²) in [6.45, 7) is 7.45. The van der Waals surface area contributed by atoms with Gasteiger partial charge in [0.1, 0.15) is 0 Å². The molecule has 2 unspecified atom stereocenters. The molecule has 10 aliphatic rings. The summed E-state index contributed by atoms with van der Waals surface area (Å²) in [6.07, 6.45) is 30.4. The van der Waals surface area contributed by atoms with Gasteiger partial charge in [0.15, 0.2) is 0 Å². The van der Waals surface area contributed by atoms with E-state index in [9.17, 15) is 0 Å². The molecule has 0 radical (unpaired) electrons. The Hall–Kier alpha value is -0.780. The van der Waals surface area contributed by atoms with Crippen molar-refractivity contribution in [2.24, 2.45) is 35.5 Å². The summed E-state index contributed by atoms with van der Waals surface area (Å²) in [7, 11) is -0.247. The van der Waals surface area contributed by atoms with Gasteiger partial charge in [0.25, 0.3) is 0 Å². The van der Waals surface area contributed by atoms with Gasteiger partial charge in [-0.1, -0.05) is 91.1 Å². The maximum atomic E-state index is 4.14. The molecule has 0 aromatic heterocycles. The average molecular weight is 723 g/mol. The van der Waals surface area contributed by atoms with Crippen LogP contribution >= 0.6 is 15.8 Å². The summed E-state index contributed by atoms with van der Waals surface area (Å²) < 4.78 is 0. The van der Waals surface area contributed by atoms with Crippen LogP contribution in [-0.2, 0) is 17.7 Å². The van der Waals surface area contributed by atoms with Crippen molar-refractivity contribution in [1.82, 2.24) is 10.6 Å². The molecule has 0 amide bonds. The highest BCUT2D eigenvalue weighted by molar-refractivity contribution is 7.60. The van der Waals surface area contributed by atoms with Gasteiger partial charge in [-0.2, -0.15) is 0 Å². The van der Waals surface area contributed by atoms with Crippen molar-refractivity contribution in [3.63, 3.8) is 0 Å². The molecule has 10 fully saturated rings. The summed E-state index contributed by atoms with van der Waals surface area (Å²) in [6, 6.07) is 19.6. The minimum Gasteiger partial charge on any atom is -0.310 e. The molecule has 4 heteroatoms. The van der Waals surface area contributed by atoms with E-state index >= 15 is 0 Å². The predicted octanol–water partition coefficient (Wildman–Crippen LogP) is 12.1. The third-order valence-electron chi connectivity index (χ3n) is 16.6. The van der Waals surface area contributed by atoms with Crippen LogP contribution < -0.4 is 10.6 Å². The summed E-state index contributed by atoms with van der Waals surface area (Å²) in [4.78, 5) is 0. The lowest BCUT2D eigenvalue weighted by Crippen LogP contribution is -2.56. The number of hydrogen-bond donors (Lipinski definition) is 2. The second kappa shape index (κ2) is 13.8. The zero-order chi connectivity index (χ0) is 34.2. The van der Waals surface area contributed by atoms with Gasteiger partial charge in [-0.05, 0) is 196 Å². The number of nitrogens with one attached hydrogen (secondary N) is 2. The van der Waals surface area contributed by atoms with E-state index in [0.29, 0.717) is 10.3 Å². The standard InChI is InChI=1S/C47H68N2P2/c1-45(2,41-10-4-3-5-11-41)42-15-14-39(40(24-42)31-50(43-12-6-8-16-48-43)44-13-7-9-17-49-44)32-51(46-25-33-18-34(26-46)20-35(19-33)27-46)47-28-36-21-37(29-47)23-38(22-36)30-47/h3-5,10-11,14-15,24,33-38,43-44,48-49H,6-9,12-13,16-23,25-32H2,1-2H3. The molecule has 2 atom stereocenters. The molecule has 8 saturated carbocycles. The van der Waals surface area contributed by atoms with Crippen molar-refractivity contribution in [2.75, 3.05) is 13.1 Å². The predicted molar refractivity (Wildman–Crippen MR) is 219 cm³/mol. The highest BCUT2D eigenvalue weighted by atomic mass is 31.1. The highest BCUT2D eigenvalue weighted by Crippen LogP contribution is 2.80. The SMILES string of the molecule is CC(C)(c1ccccc1)c1ccc(CP(C23CC4CC(CC(C4)C2)C3)C23CC4CC(CC(C4)C2)C3)c(CP(C2CCCCN2)C2CCCCN2)c1. The van der Waals surface area contributed by atoms with Gasteiger partial charge in [0, 0.05) is 17.0 Å². The average Bonchev–Trinajstić information content (AvgIpc) is 3.13. The molecule has 2 aromatic carbocycles. The smallest absolute Gasteiger partial charge is 0.0286 e. The molecule has 2 aliphatic heterocycles. The lowest BCUT2D eigenvalue weighted by Gasteiger charge is -2.67. The largest absolute Gasteiger partial charge is 0.310 e. The Balaban J connectivity index is 1.07. The summed E-state index contributed by atoms with van der Waals surface area (Å²) in [5, 5.41) is 9.66. The Morgan fingerprint density at radius 3 is 1.51 bits per heavy atom. The third kappa shape index (κ3) is 6.47. The summed E-state index contributed by atoms with van der Waals surface area (Å²) in [5.41, 5.74) is 6.61. The highest BCUT2D eigenvalue weighted by Gasteiger charge is 2.62. The summed E-state index contributed by atoms with van der Waals surface area (Å²) >= 11 is 0. The fraction of sp³-hybridized carbons (Fsp3) is 0.745. The van der Waals surface area contributed by atoms with E-state index in [1.165, 1.54) is 69.5 Å². The maximum Gasteiger partial charge on any atom is 0.0286 e. The first kappa shape index (κ1) is 34.7. The molecule has 2 nitrogen and oxygen atoms in total. The van der Waals surface area contributed by atoms with Crippen molar-refractivity contribution in [2.45, 2.75) is 169 Å². The van der Waals surface area contributed by atoms with Crippen molar-refractivity contribution in [1.29, 1.82) is 0 Å². The van der Waals surface area contributed by atoms with Gasteiger partial charge in [0.05, 0.1) is 0 Å². The van der Waals surface area contributed by atoms with Crippen LogP contribution in [0.5, 0.6) is 0 Å². The van der Waals surface area contributed by atoms with E-state index in [-0.39, 0.29) is 21.3 Å². The first-order valence-corrected chi connectivity index (χ1v) is 25.2. The Labute approximate surface area is 313 Å². The van der Waals surface area contributed by atoms with Gasteiger partial charge in [-0.3, -0.25) is 0 Å². The van der Waals surface area contributed by atoms with Crippen LogP contribution in [0.2, 0.25) is 0 Å². The first-order chi connectivity index (χ1) is 24.8. The number of piperidine rings is 2. The second-order valence-electron chi connectivity index (χ2n) is 20.4. The first-order valence-electron chi connectivity index (χ1n) is 22.0. The fourth-order valence-corrected chi connectivity index (χ4v) is 23.5. The van der Waals surface area contributed by atoms with Crippen LogP contribution in [0.3, 0.4) is 0 Å². The molecule has 2 heterocycles. The van der Waals surface area contributed by atoms with Crippen LogP contribution in [0, 0.1) is 35.5 Å². The maximum absolute atomic E-state index is 4.14. The molecular weight excluding hydrogens is 654 g/mol. The van der Waals surface area contributed by atoms with Gasteiger partial charge in [-0.15, -0.1) is 0 Å². The molecule has 2 N–H and O–H groups in total. The number of benzene rings is 2. The number of hydrogen-bond acceptors (Lipinski definition) is 2. The van der Waals surface area contributed by atoms with Crippen LogP contribution in [0.4, 0.5) is 0 Å². The Bertz CT molecular complexity index is 1400. The van der Waals surface area contributed by atoms with Crippen molar-refractivity contribution in [3.05, 3.63) is 70.8 Å². The van der Waals surface area contributed by atoms with Crippen LogP contribution in [0.25, 0.3) is 0 Å². The van der Waals surface area contributed by atoms with Gasteiger partial charge >= 0.3 is 0 Å². The molecule has 8 aliphatic carbocycles. The van der Waals surface area contributed by atoms with Crippen LogP contribution in [0.1, 0.15) is 152 Å². The molecule has 0 spiro atoms. The minimum atomic E-state index is -0.186. The fourth-order valence-electron chi connectivity index (χ4n) is 15.0. The van der Waals surface area contributed by atoms with Gasteiger partial charge in [-0.25, -0.2) is 0 Å². The minimum absolute atomic E-state index is 0.00800. The Morgan fingerprint density at radius 2 is 1.06 bits per heavy atom. The lowest BCUT2D eigenvalue weighted by molar-refractivity contribution is 0.0184. The Kier molecular flexibility index (Phi) is 9.36. The molecular formula is C47H68N2P2. The molecule has 2 aromatic rings. The normalized spacial score (nSPS) is 41.1. The van der Waals surface area contributed by atoms with Crippen molar-refractivity contribution < 1.29 is 0 Å². The third-order valence-corrected chi connectivity index (χ3v) is 23.9. The second-order valence-corrected chi connectivity index (χ2v) is 26.1. The topological polar surface area (TPSA) is 24.1 Å². The molecule has 8 bridgehead atoms. The van der Waals surface area contributed by atoms with E-state index in [0.717, 1.165) is 47.1 Å². The lowest BCUT2D eigenvalue weighted by atomic mass is 9.55.